The second-order valence-corrected chi connectivity index (χ2v) is 15.0. The monoisotopic (exact) mass is 668 g/mol. The molecule has 49 heavy (non-hydrogen) atoms. The van der Waals surface area contributed by atoms with E-state index >= 15 is 0 Å². The van der Waals surface area contributed by atoms with Crippen molar-refractivity contribution in [3.63, 3.8) is 0 Å². The molecule has 0 radical (unpaired) electrons. The fraction of sp³-hybridized carbons (Fsp3) is 0.474. The fourth-order valence-electron chi connectivity index (χ4n) is 6.68. The molecule has 2 aliphatic rings. The van der Waals surface area contributed by atoms with Crippen LogP contribution in [0.25, 0.3) is 33.6 Å². The third-order valence-electron chi connectivity index (χ3n) is 8.90. The molecule has 11 nitrogen and oxygen atoms in total. The number of likely N-dealkylation sites (tertiary alicyclic amines) is 2. The van der Waals surface area contributed by atoms with E-state index in [0.29, 0.717) is 30.3 Å². The van der Waals surface area contributed by atoms with Crippen molar-refractivity contribution in [2.45, 2.75) is 104 Å². The Hall–Kier alpha value is -4.64. The highest BCUT2D eigenvalue weighted by Crippen LogP contribution is 2.36. The summed E-state index contributed by atoms with van der Waals surface area (Å²) in [6, 6.07) is 16.0. The van der Waals surface area contributed by atoms with E-state index in [4.69, 9.17) is 19.4 Å². The number of nitrogens with one attached hydrogen (secondary N) is 2. The SMILES string of the molecule is Cc1[nH]c([C@@H]2CCCN2C(=O)OC(C)(C)C)nc1-c1ccc(-c2ccc(-c3nc([C@@H]4CCCN4C(=O)OC(C)(C)C)[nH]c3CO)cc2)cc1. The van der Waals surface area contributed by atoms with Crippen molar-refractivity contribution < 1.29 is 24.2 Å². The number of aliphatic hydroxyl groups is 1. The van der Waals surface area contributed by atoms with E-state index in [2.05, 4.69) is 34.2 Å². The highest BCUT2D eigenvalue weighted by Gasteiger charge is 2.37. The van der Waals surface area contributed by atoms with Crippen LogP contribution >= 0.6 is 0 Å². The maximum Gasteiger partial charge on any atom is 0.410 e. The number of aliphatic hydroxyl groups excluding tert-OH is 1. The smallest absolute Gasteiger partial charge is 0.410 e. The molecule has 2 atom stereocenters. The van der Waals surface area contributed by atoms with Crippen LogP contribution in [-0.4, -0.2) is 71.3 Å². The molecular weight excluding hydrogens is 620 g/mol. The first-order chi connectivity index (χ1) is 23.2. The third-order valence-corrected chi connectivity index (χ3v) is 8.90. The van der Waals surface area contributed by atoms with Gasteiger partial charge in [0, 0.05) is 29.9 Å². The van der Waals surface area contributed by atoms with E-state index in [-0.39, 0.29) is 30.9 Å². The Bertz CT molecular complexity index is 1800. The molecule has 2 aromatic carbocycles. The van der Waals surface area contributed by atoms with Crippen molar-refractivity contribution in [2.24, 2.45) is 0 Å². The molecule has 0 unspecified atom stereocenters. The maximum atomic E-state index is 12.9. The van der Waals surface area contributed by atoms with Gasteiger partial charge >= 0.3 is 12.2 Å². The number of hydrogen-bond acceptors (Lipinski definition) is 7. The first-order valence-corrected chi connectivity index (χ1v) is 17.2. The van der Waals surface area contributed by atoms with Crippen molar-refractivity contribution >= 4 is 12.2 Å². The molecule has 2 aromatic heterocycles. The Morgan fingerprint density at radius 2 is 1.12 bits per heavy atom. The Morgan fingerprint density at radius 1 is 0.714 bits per heavy atom. The number of hydrogen-bond donors (Lipinski definition) is 3. The fourth-order valence-corrected chi connectivity index (χ4v) is 6.68. The first kappa shape index (κ1) is 34.2. The van der Waals surface area contributed by atoms with E-state index in [9.17, 15) is 14.7 Å². The van der Waals surface area contributed by atoms with Crippen molar-refractivity contribution in [3.05, 3.63) is 71.6 Å². The van der Waals surface area contributed by atoms with Gasteiger partial charge in [-0.15, -0.1) is 0 Å². The Labute approximate surface area is 288 Å². The van der Waals surface area contributed by atoms with Crippen LogP contribution in [0.15, 0.2) is 48.5 Å². The lowest BCUT2D eigenvalue weighted by atomic mass is 10.00. The summed E-state index contributed by atoms with van der Waals surface area (Å²) < 4.78 is 11.3. The molecule has 6 rings (SSSR count). The lowest BCUT2D eigenvalue weighted by Crippen LogP contribution is -2.36. The zero-order valence-electron chi connectivity index (χ0n) is 29.6. The van der Waals surface area contributed by atoms with E-state index < -0.39 is 11.2 Å². The van der Waals surface area contributed by atoms with Gasteiger partial charge in [0.15, 0.2) is 0 Å². The predicted molar refractivity (Wildman–Crippen MR) is 188 cm³/mol. The predicted octanol–water partition coefficient (Wildman–Crippen LogP) is 8.08. The van der Waals surface area contributed by atoms with E-state index in [0.717, 1.165) is 65.1 Å². The average molecular weight is 669 g/mol. The van der Waals surface area contributed by atoms with Crippen LogP contribution in [0, 0.1) is 6.92 Å². The van der Waals surface area contributed by atoms with Gasteiger partial charge in [0.2, 0.25) is 0 Å². The van der Waals surface area contributed by atoms with Crippen molar-refractivity contribution in [1.82, 2.24) is 29.7 Å². The van der Waals surface area contributed by atoms with Crippen LogP contribution in [0.3, 0.4) is 0 Å². The van der Waals surface area contributed by atoms with Gasteiger partial charge in [-0.2, -0.15) is 0 Å². The number of amides is 2. The summed E-state index contributed by atoms with van der Waals surface area (Å²) in [5, 5.41) is 10.2. The topological polar surface area (TPSA) is 137 Å². The standard InChI is InChI=1S/C38H48N6O5/c1-23-31(41-33(39-23)29-10-8-20-43(29)35(46)48-37(2,3)4)26-16-12-24(13-17-26)25-14-18-27(19-15-25)32-28(22-45)40-34(42-32)30-11-9-21-44(30)36(47)49-38(5,6)7/h12-19,29-30,45H,8-11,20-22H2,1-7H3,(H,39,41)(H,40,42)/t29-,30-/m0/s1. The molecule has 11 heteroatoms. The molecule has 4 aromatic rings. The zero-order valence-corrected chi connectivity index (χ0v) is 29.6. The lowest BCUT2D eigenvalue weighted by Gasteiger charge is -2.27. The minimum atomic E-state index is -0.583. The number of rotatable bonds is 6. The van der Waals surface area contributed by atoms with Crippen LogP contribution in [0.5, 0.6) is 0 Å². The van der Waals surface area contributed by atoms with Gasteiger partial charge in [-0.3, -0.25) is 9.80 Å². The van der Waals surface area contributed by atoms with Gasteiger partial charge in [-0.25, -0.2) is 19.6 Å². The van der Waals surface area contributed by atoms with Crippen molar-refractivity contribution in [3.8, 4) is 33.6 Å². The molecule has 0 saturated carbocycles. The zero-order chi connectivity index (χ0) is 35.1. The molecule has 2 saturated heterocycles. The molecule has 4 heterocycles. The van der Waals surface area contributed by atoms with Crippen LogP contribution in [0.1, 0.15) is 102 Å². The molecule has 0 spiro atoms. The molecule has 2 fully saturated rings. The van der Waals surface area contributed by atoms with Crippen LogP contribution in [-0.2, 0) is 16.1 Å². The molecular formula is C38H48N6O5. The third kappa shape index (κ3) is 7.51. The number of aromatic nitrogens is 4. The summed E-state index contributed by atoms with van der Waals surface area (Å²) >= 11 is 0. The van der Waals surface area contributed by atoms with Gasteiger partial charge in [0.25, 0.3) is 0 Å². The van der Waals surface area contributed by atoms with Crippen molar-refractivity contribution in [2.75, 3.05) is 13.1 Å². The highest BCUT2D eigenvalue weighted by atomic mass is 16.6. The summed E-state index contributed by atoms with van der Waals surface area (Å²) in [4.78, 5) is 45.8. The summed E-state index contributed by atoms with van der Waals surface area (Å²) in [5.74, 6) is 1.44. The Kier molecular flexibility index (Phi) is 9.32. The largest absolute Gasteiger partial charge is 0.444 e. The maximum absolute atomic E-state index is 12.9. The number of H-pyrrole nitrogens is 2. The Morgan fingerprint density at radius 3 is 1.57 bits per heavy atom. The molecule has 0 aliphatic carbocycles. The van der Waals surface area contributed by atoms with Gasteiger partial charge in [0.05, 0.1) is 35.8 Å². The number of benzene rings is 2. The molecule has 3 N–H and O–H groups in total. The van der Waals surface area contributed by atoms with Gasteiger partial charge in [0.1, 0.15) is 22.9 Å². The second-order valence-electron chi connectivity index (χ2n) is 15.0. The van der Waals surface area contributed by atoms with E-state index in [1.54, 1.807) is 9.80 Å². The molecule has 260 valence electrons. The molecule has 0 bridgehead atoms. The summed E-state index contributed by atoms with van der Waals surface area (Å²) in [5.41, 5.74) is 5.94. The number of nitrogens with zero attached hydrogens (tertiary/aromatic N) is 4. The van der Waals surface area contributed by atoms with Gasteiger partial charge < -0.3 is 24.5 Å². The molecule has 2 aliphatic heterocycles. The van der Waals surface area contributed by atoms with Gasteiger partial charge in [-0.05, 0) is 85.3 Å². The summed E-state index contributed by atoms with van der Waals surface area (Å²) in [7, 11) is 0. The number of carbonyl (C=O) groups is 2. The lowest BCUT2D eigenvalue weighted by molar-refractivity contribution is 0.0208. The van der Waals surface area contributed by atoms with Gasteiger partial charge in [-0.1, -0.05) is 48.5 Å². The number of aryl methyl sites for hydroxylation is 1. The number of imidazole rings is 2. The highest BCUT2D eigenvalue weighted by molar-refractivity contribution is 5.73. The van der Waals surface area contributed by atoms with E-state index in [1.807, 2.05) is 72.7 Å². The quantitative estimate of drug-likeness (QED) is 0.189. The summed E-state index contributed by atoms with van der Waals surface area (Å²) in [6.07, 6.45) is 2.72. The average Bonchev–Trinajstić information content (AvgIpc) is 3.85. The van der Waals surface area contributed by atoms with Crippen LogP contribution in [0.2, 0.25) is 0 Å². The molecule has 2 amide bonds. The summed E-state index contributed by atoms with van der Waals surface area (Å²) in [6.45, 7) is 14.3. The second kappa shape index (κ2) is 13.3. The van der Waals surface area contributed by atoms with Crippen LogP contribution in [0.4, 0.5) is 9.59 Å². The minimum absolute atomic E-state index is 0.140. The number of carbonyl (C=O) groups excluding carboxylic acids is 2. The van der Waals surface area contributed by atoms with E-state index in [1.165, 1.54) is 0 Å². The normalized spacial score (nSPS) is 18.3. The number of ether oxygens (including phenoxy) is 2. The minimum Gasteiger partial charge on any atom is -0.444 e. The first-order valence-electron chi connectivity index (χ1n) is 17.2. The number of aromatic amines is 2. The van der Waals surface area contributed by atoms with Crippen molar-refractivity contribution in [1.29, 1.82) is 0 Å². The van der Waals surface area contributed by atoms with Crippen LogP contribution < -0.4 is 0 Å². The Balaban J connectivity index is 1.17.